The molecule has 0 saturated carbocycles. The lowest BCUT2D eigenvalue weighted by molar-refractivity contribution is -0.117. The average molecular weight is 304 g/mol. The number of anilines is 1. The minimum absolute atomic E-state index is 0.120. The van der Waals surface area contributed by atoms with Gasteiger partial charge in [0, 0.05) is 17.8 Å². The Hall–Kier alpha value is -0.810. The van der Waals surface area contributed by atoms with Crippen LogP contribution in [0, 0.1) is 0 Å². The van der Waals surface area contributed by atoms with E-state index >= 15 is 0 Å². The van der Waals surface area contributed by atoms with Crippen LogP contribution in [-0.2, 0) is 4.79 Å². The lowest BCUT2D eigenvalue weighted by Crippen LogP contribution is -2.45. The molecule has 0 atom stereocenters. The molecule has 0 aliphatic rings. The standard InChI is InChI=1S/C13H19Cl2N3O/c1-13(2,16)8-18(3)7-12(19)17-9-4-5-10(14)11(15)6-9/h4-6H,7-8,16H2,1-3H3,(H,17,19). The van der Waals surface area contributed by atoms with Crippen molar-refractivity contribution in [3.05, 3.63) is 28.2 Å². The molecule has 0 bridgehead atoms. The molecule has 0 spiro atoms. The summed E-state index contributed by atoms with van der Waals surface area (Å²) in [6.45, 7) is 4.73. The second-order valence-electron chi connectivity index (χ2n) is 5.34. The van der Waals surface area contributed by atoms with Gasteiger partial charge in [-0.25, -0.2) is 0 Å². The van der Waals surface area contributed by atoms with E-state index in [4.69, 9.17) is 28.9 Å². The third kappa shape index (κ3) is 6.25. The number of benzene rings is 1. The molecule has 0 aliphatic carbocycles. The fourth-order valence-corrected chi connectivity index (χ4v) is 2.07. The molecule has 1 rings (SSSR count). The van der Waals surface area contributed by atoms with Crippen LogP contribution in [-0.4, -0.2) is 36.5 Å². The zero-order chi connectivity index (χ0) is 14.6. The Morgan fingerprint density at radius 3 is 2.53 bits per heavy atom. The zero-order valence-corrected chi connectivity index (χ0v) is 12.8. The average Bonchev–Trinajstić information content (AvgIpc) is 2.20. The SMILES string of the molecule is CN(CC(=O)Nc1ccc(Cl)c(Cl)c1)CC(C)(C)N. The Morgan fingerprint density at radius 2 is 2.00 bits per heavy atom. The first-order valence-corrected chi connectivity index (χ1v) is 6.65. The number of nitrogens with zero attached hydrogens (tertiary/aromatic N) is 1. The molecule has 0 radical (unpaired) electrons. The highest BCUT2D eigenvalue weighted by molar-refractivity contribution is 6.42. The lowest BCUT2D eigenvalue weighted by Gasteiger charge is -2.25. The van der Waals surface area contributed by atoms with Gasteiger partial charge >= 0.3 is 0 Å². The van der Waals surface area contributed by atoms with Crippen molar-refractivity contribution in [3.8, 4) is 0 Å². The Morgan fingerprint density at radius 1 is 1.37 bits per heavy atom. The van der Waals surface area contributed by atoms with Crippen molar-refractivity contribution in [3.63, 3.8) is 0 Å². The first-order valence-electron chi connectivity index (χ1n) is 5.90. The van der Waals surface area contributed by atoms with Gasteiger partial charge in [-0.15, -0.1) is 0 Å². The van der Waals surface area contributed by atoms with Crippen molar-refractivity contribution in [1.29, 1.82) is 0 Å². The van der Waals surface area contributed by atoms with Crippen molar-refractivity contribution in [2.75, 3.05) is 25.5 Å². The molecule has 0 aliphatic heterocycles. The van der Waals surface area contributed by atoms with E-state index in [1.165, 1.54) is 0 Å². The van der Waals surface area contributed by atoms with E-state index < -0.39 is 0 Å². The van der Waals surface area contributed by atoms with Gasteiger partial charge in [-0.1, -0.05) is 23.2 Å². The molecule has 0 unspecified atom stereocenters. The number of nitrogens with one attached hydrogen (secondary N) is 1. The lowest BCUT2D eigenvalue weighted by atomic mass is 10.1. The number of likely N-dealkylation sites (N-methyl/N-ethyl adjacent to an activating group) is 1. The van der Waals surface area contributed by atoms with E-state index in [2.05, 4.69) is 5.32 Å². The predicted molar refractivity (Wildman–Crippen MR) is 80.9 cm³/mol. The van der Waals surface area contributed by atoms with Crippen LogP contribution in [0.4, 0.5) is 5.69 Å². The second kappa shape index (κ2) is 6.57. The quantitative estimate of drug-likeness (QED) is 0.879. The first-order chi connectivity index (χ1) is 8.67. The Labute approximate surface area is 123 Å². The molecule has 106 valence electrons. The maximum absolute atomic E-state index is 11.8. The van der Waals surface area contributed by atoms with Gasteiger partial charge in [-0.2, -0.15) is 0 Å². The fraction of sp³-hybridized carbons (Fsp3) is 0.462. The normalized spacial score (nSPS) is 11.7. The largest absolute Gasteiger partial charge is 0.325 e. The predicted octanol–water partition coefficient (Wildman–Crippen LogP) is 2.60. The first kappa shape index (κ1) is 16.2. The summed E-state index contributed by atoms with van der Waals surface area (Å²) in [6, 6.07) is 4.97. The highest BCUT2D eigenvalue weighted by Gasteiger charge is 2.16. The monoisotopic (exact) mass is 303 g/mol. The number of amides is 1. The molecule has 3 N–H and O–H groups in total. The van der Waals surface area contributed by atoms with Crippen LogP contribution >= 0.6 is 23.2 Å². The van der Waals surface area contributed by atoms with Crippen molar-refractivity contribution in [1.82, 2.24) is 4.90 Å². The fourth-order valence-electron chi connectivity index (χ4n) is 1.77. The zero-order valence-electron chi connectivity index (χ0n) is 11.3. The van der Waals surface area contributed by atoms with Crippen LogP contribution in [0.15, 0.2) is 18.2 Å². The summed E-state index contributed by atoms with van der Waals surface area (Å²) >= 11 is 11.7. The molecule has 0 heterocycles. The van der Waals surface area contributed by atoms with Gasteiger partial charge in [-0.3, -0.25) is 9.69 Å². The number of carbonyl (C=O) groups is 1. The number of hydrogen-bond donors (Lipinski definition) is 2. The van der Waals surface area contributed by atoms with E-state index in [1.54, 1.807) is 18.2 Å². The molecule has 1 aromatic rings. The highest BCUT2D eigenvalue weighted by atomic mass is 35.5. The molecular formula is C13H19Cl2N3O. The molecule has 1 aromatic carbocycles. The number of carbonyl (C=O) groups excluding carboxylic acids is 1. The minimum atomic E-state index is -0.335. The maximum atomic E-state index is 11.8. The maximum Gasteiger partial charge on any atom is 0.238 e. The van der Waals surface area contributed by atoms with Crippen molar-refractivity contribution in [2.24, 2.45) is 5.73 Å². The Bertz CT molecular complexity index is 458. The van der Waals surface area contributed by atoms with Gasteiger partial charge < -0.3 is 11.1 Å². The number of rotatable bonds is 5. The van der Waals surface area contributed by atoms with E-state index in [9.17, 15) is 4.79 Å². The topological polar surface area (TPSA) is 58.4 Å². The van der Waals surface area contributed by atoms with Gasteiger partial charge in [0.15, 0.2) is 0 Å². The molecular weight excluding hydrogens is 285 g/mol. The third-order valence-electron chi connectivity index (χ3n) is 2.29. The van der Waals surface area contributed by atoms with Crippen LogP contribution in [0.5, 0.6) is 0 Å². The van der Waals surface area contributed by atoms with Crippen LogP contribution in [0.2, 0.25) is 10.0 Å². The molecule has 0 aromatic heterocycles. The van der Waals surface area contributed by atoms with E-state index in [0.29, 0.717) is 22.3 Å². The number of hydrogen-bond acceptors (Lipinski definition) is 3. The molecule has 0 saturated heterocycles. The van der Waals surface area contributed by atoms with E-state index in [-0.39, 0.29) is 18.0 Å². The Balaban J connectivity index is 2.53. The summed E-state index contributed by atoms with van der Waals surface area (Å²) in [5.74, 6) is -0.120. The van der Waals surface area contributed by atoms with Crippen molar-refractivity contribution >= 4 is 34.8 Å². The van der Waals surface area contributed by atoms with Crippen molar-refractivity contribution < 1.29 is 4.79 Å². The summed E-state index contributed by atoms with van der Waals surface area (Å²) in [7, 11) is 1.85. The van der Waals surface area contributed by atoms with Crippen LogP contribution < -0.4 is 11.1 Å². The van der Waals surface area contributed by atoms with Crippen molar-refractivity contribution in [2.45, 2.75) is 19.4 Å². The Kier molecular flexibility index (Phi) is 5.62. The summed E-state index contributed by atoms with van der Waals surface area (Å²) in [5.41, 5.74) is 6.19. The van der Waals surface area contributed by atoms with Crippen LogP contribution in [0.1, 0.15) is 13.8 Å². The smallest absolute Gasteiger partial charge is 0.238 e. The summed E-state index contributed by atoms with van der Waals surface area (Å²) < 4.78 is 0. The van der Waals surface area contributed by atoms with E-state index in [0.717, 1.165) is 0 Å². The summed E-state index contributed by atoms with van der Waals surface area (Å²) in [6.07, 6.45) is 0. The summed E-state index contributed by atoms with van der Waals surface area (Å²) in [4.78, 5) is 13.7. The van der Waals surface area contributed by atoms with Gasteiger partial charge in [-0.05, 0) is 39.1 Å². The van der Waals surface area contributed by atoms with Crippen LogP contribution in [0.25, 0.3) is 0 Å². The number of nitrogens with two attached hydrogens (primary N) is 1. The van der Waals surface area contributed by atoms with Gasteiger partial charge in [0.1, 0.15) is 0 Å². The molecule has 1 amide bonds. The van der Waals surface area contributed by atoms with Gasteiger partial charge in [0.2, 0.25) is 5.91 Å². The molecule has 0 fully saturated rings. The van der Waals surface area contributed by atoms with Gasteiger partial charge in [0.25, 0.3) is 0 Å². The molecule has 19 heavy (non-hydrogen) atoms. The van der Waals surface area contributed by atoms with E-state index in [1.807, 2.05) is 25.8 Å². The molecule has 6 heteroatoms. The minimum Gasteiger partial charge on any atom is -0.325 e. The molecule has 4 nitrogen and oxygen atoms in total. The second-order valence-corrected chi connectivity index (χ2v) is 6.15. The van der Waals surface area contributed by atoms with Crippen LogP contribution in [0.3, 0.4) is 0 Å². The third-order valence-corrected chi connectivity index (χ3v) is 3.03. The summed E-state index contributed by atoms with van der Waals surface area (Å²) in [5, 5.41) is 3.63. The van der Waals surface area contributed by atoms with Gasteiger partial charge in [0.05, 0.1) is 16.6 Å². The number of halogens is 2. The highest BCUT2D eigenvalue weighted by Crippen LogP contribution is 2.24.